The van der Waals surface area contributed by atoms with Gasteiger partial charge in [-0.25, -0.2) is 4.39 Å². The van der Waals surface area contributed by atoms with Crippen molar-refractivity contribution in [2.24, 2.45) is 0 Å². The Morgan fingerprint density at radius 1 is 1.04 bits per heavy atom. The van der Waals surface area contributed by atoms with E-state index in [0.29, 0.717) is 16.8 Å². The Labute approximate surface area is 147 Å². The van der Waals surface area contributed by atoms with Gasteiger partial charge < -0.3 is 10.6 Å². The smallest absolute Gasteiger partial charge is 0.171 e. The summed E-state index contributed by atoms with van der Waals surface area (Å²) >= 11 is 5.31. The van der Waals surface area contributed by atoms with E-state index in [1.165, 1.54) is 11.6 Å². The van der Waals surface area contributed by atoms with Crippen molar-refractivity contribution in [3.63, 3.8) is 0 Å². The number of likely N-dealkylation sites (tertiary alicyclic amines) is 1. The highest BCUT2D eigenvalue weighted by Crippen LogP contribution is 2.15. The highest BCUT2D eigenvalue weighted by molar-refractivity contribution is 7.80. The normalized spacial score (nSPS) is 15.9. The fourth-order valence-electron chi connectivity index (χ4n) is 2.98. The van der Waals surface area contributed by atoms with E-state index >= 15 is 0 Å². The Balaban J connectivity index is 1.43. The largest absolute Gasteiger partial charge is 0.360 e. The van der Waals surface area contributed by atoms with Crippen LogP contribution in [-0.4, -0.2) is 29.1 Å². The number of piperidine rings is 1. The molecule has 1 aliphatic rings. The summed E-state index contributed by atoms with van der Waals surface area (Å²) in [5.41, 5.74) is 1.76. The second-order valence-corrected chi connectivity index (χ2v) is 6.52. The molecule has 1 heterocycles. The molecule has 5 heteroatoms. The van der Waals surface area contributed by atoms with Crippen LogP contribution in [0.5, 0.6) is 0 Å². The van der Waals surface area contributed by atoms with Gasteiger partial charge in [0, 0.05) is 25.7 Å². The van der Waals surface area contributed by atoms with Crippen molar-refractivity contribution < 1.29 is 4.39 Å². The van der Waals surface area contributed by atoms with Gasteiger partial charge in [0.2, 0.25) is 0 Å². The summed E-state index contributed by atoms with van der Waals surface area (Å²) in [5.74, 6) is -0.292. The lowest BCUT2D eigenvalue weighted by atomic mass is 10.0. The number of rotatable bonds is 4. The summed E-state index contributed by atoms with van der Waals surface area (Å²) in [6.07, 6.45) is 2.07. The maximum atomic E-state index is 13.6. The number of hydrogen-bond acceptors (Lipinski definition) is 2. The van der Waals surface area contributed by atoms with Crippen LogP contribution in [0.4, 0.5) is 10.1 Å². The lowest BCUT2D eigenvalue weighted by Gasteiger charge is -2.33. The van der Waals surface area contributed by atoms with Gasteiger partial charge in [-0.3, -0.25) is 4.90 Å². The minimum absolute atomic E-state index is 0.292. The zero-order chi connectivity index (χ0) is 16.8. The highest BCUT2D eigenvalue weighted by atomic mass is 32.1. The molecule has 0 atom stereocenters. The van der Waals surface area contributed by atoms with E-state index in [0.717, 1.165) is 32.5 Å². The van der Waals surface area contributed by atoms with Crippen molar-refractivity contribution in [3.8, 4) is 0 Å². The number of nitrogens with one attached hydrogen (secondary N) is 2. The molecule has 0 radical (unpaired) electrons. The number of benzene rings is 2. The molecule has 0 amide bonds. The molecule has 0 aliphatic carbocycles. The molecule has 0 bridgehead atoms. The van der Waals surface area contributed by atoms with Crippen LogP contribution in [0.1, 0.15) is 18.4 Å². The third kappa shape index (κ3) is 4.76. The molecule has 2 N–H and O–H groups in total. The van der Waals surface area contributed by atoms with E-state index in [-0.39, 0.29) is 5.82 Å². The van der Waals surface area contributed by atoms with E-state index in [9.17, 15) is 4.39 Å². The van der Waals surface area contributed by atoms with Crippen LogP contribution in [0.15, 0.2) is 54.6 Å². The fraction of sp³-hybridized carbons (Fsp3) is 0.316. The van der Waals surface area contributed by atoms with Crippen LogP contribution in [0, 0.1) is 5.82 Å². The average molecular weight is 343 g/mol. The van der Waals surface area contributed by atoms with Gasteiger partial charge in [-0.15, -0.1) is 0 Å². The van der Waals surface area contributed by atoms with Crippen molar-refractivity contribution in [2.75, 3.05) is 18.4 Å². The molecule has 1 saturated heterocycles. The molecule has 0 aromatic heterocycles. The maximum Gasteiger partial charge on any atom is 0.171 e. The van der Waals surface area contributed by atoms with E-state index in [1.54, 1.807) is 18.2 Å². The molecule has 0 spiro atoms. The first kappa shape index (κ1) is 16.9. The standard InChI is InChI=1S/C19H22FN3S/c20-17-8-4-5-9-18(17)22-19(24)21-16-10-12-23(13-11-16)14-15-6-2-1-3-7-15/h1-9,16H,10-14H2,(H2,21,22,24). The number of halogens is 1. The molecule has 3 rings (SSSR count). The van der Waals surface area contributed by atoms with Crippen LogP contribution < -0.4 is 10.6 Å². The van der Waals surface area contributed by atoms with Gasteiger partial charge in [0.15, 0.2) is 5.11 Å². The second kappa shape index (κ2) is 8.22. The van der Waals surface area contributed by atoms with Crippen molar-refractivity contribution in [2.45, 2.75) is 25.4 Å². The lowest BCUT2D eigenvalue weighted by Crippen LogP contribution is -2.45. The number of hydrogen-bond donors (Lipinski definition) is 2. The van der Waals surface area contributed by atoms with Gasteiger partial charge in [-0.2, -0.15) is 0 Å². The Morgan fingerprint density at radius 2 is 1.71 bits per heavy atom. The van der Waals surface area contributed by atoms with Crippen molar-refractivity contribution >= 4 is 23.0 Å². The Hall–Kier alpha value is -1.98. The topological polar surface area (TPSA) is 27.3 Å². The molecular formula is C19H22FN3S. The van der Waals surface area contributed by atoms with Gasteiger partial charge in [-0.1, -0.05) is 42.5 Å². The molecule has 0 saturated carbocycles. The third-order valence-electron chi connectivity index (χ3n) is 4.29. The third-order valence-corrected chi connectivity index (χ3v) is 4.51. The first-order valence-corrected chi connectivity index (χ1v) is 8.70. The van der Waals surface area contributed by atoms with E-state index in [1.807, 2.05) is 6.07 Å². The molecule has 1 fully saturated rings. The van der Waals surface area contributed by atoms with Gasteiger partial charge in [0.05, 0.1) is 5.69 Å². The minimum atomic E-state index is -0.292. The number of anilines is 1. The second-order valence-electron chi connectivity index (χ2n) is 6.11. The van der Waals surface area contributed by atoms with Crippen LogP contribution in [0.2, 0.25) is 0 Å². The molecule has 3 nitrogen and oxygen atoms in total. The zero-order valence-electron chi connectivity index (χ0n) is 13.5. The lowest BCUT2D eigenvalue weighted by molar-refractivity contribution is 0.199. The quantitative estimate of drug-likeness (QED) is 0.826. The molecular weight excluding hydrogens is 321 g/mol. The number of thiocarbonyl (C=S) groups is 1. The fourth-order valence-corrected chi connectivity index (χ4v) is 3.26. The average Bonchev–Trinajstić information content (AvgIpc) is 2.60. The molecule has 2 aromatic carbocycles. The SMILES string of the molecule is Fc1ccccc1NC(=S)NC1CCN(Cc2ccccc2)CC1. The van der Waals surface area contributed by atoms with E-state index in [4.69, 9.17) is 12.2 Å². The van der Waals surface area contributed by atoms with E-state index < -0.39 is 0 Å². The molecule has 0 unspecified atom stereocenters. The number of para-hydroxylation sites is 1. The van der Waals surface area contributed by atoms with Gasteiger partial charge in [-0.05, 0) is 42.8 Å². The van der Waals surface area contributed by atoms with Crippen LogP contribution in [0.25, 0.3) is 0 Å². The Morgan fingerprint density at radius 3 is 2.42 bits per heavy atom. The van der Waals surface area contributed by atoms with Crippen molar-refractivity contribution in [3.05, 3.63) is 66.0 Å². The van der Waals surface area contributed by atoms with Gasteiger partial charge >= 0.3 is 0 Å². The summed E-state index contributed by atoms with van der Waals surface area (Å²) in [6, 6.07) is 17.4. The monoisotopic (exact) mass is 343 g/mol. The number of nitrogens with zero attached hydrogens (tertiary/aromatic N) is 1. The van der Waals surface area contributed by atoms with Gasteiger partial charge in [0.1, 0.15) is 5.82 Å². The first-order valence-electron chi connectivity index (χ1n) is 8.29. The van der Waals surface area contributed by atoms with Gasteiger partial charge in [0.25, 0.3) is 0 Å². The predicted octanol–water partition coefficient (Wildman–Crippen LogP) is 3.78. The van der Waals surface area contributed by atoms with Crippen LogP contribution >= 0.6 is 12.2 Å². The van der Waals surface area contributed by atoms with Crippen LogP contribution in [0.3, 0.4) is 0 Å². The first-order chi connectivity index (χ1) is 11.7. The van der Waals surface area contributed by atoms with Crippen LogP contribution in [-0.2, 0) is 6.54 Å². The maximum absolute atomic E-state index is 13.6. The molecule has 24 heavy (non-hydrogen) atoms. The molecule has 126 valence electrons. The molecule has 1 aliphatic heterocycles. The minimum Gasteiger partial charge on any atom is -0.360 e. The summed E-state index contributed by atoms with van der Waals surface area (Å²) < 4.78 is 13.6. The Kier molecular flexibility index (Phi) is 5.77. The molecule has 2 aromatic rings. The van der Waals surface area contributed by atoms with Crippen molar-refractivity contribution in [1.29, 1.82) is 0 Å². The Bertz CT molecular complexity index is 669. The summed E-state index contributed by atoms with van der Waals surface area (Å²) in [6.45, 7) is 3.06. The predicted molar refractivity (Wildman–Crippen MR) is 100 cm³/mol. The van der Waals surface area contributed by atoms with E-state index in [2.05, 4.69) is 39.8 Å². The zero-order valence-corrected chi connectivity index (χ0v) is 14.4. The van der Waals surface area contributed by atoms with Crippen molar-refractivity contribution in [1.82, 2.24) is 10.2 Å². The summed E-state index contributed by atoms with van der Waals surface area (Å²) in [4.78, 5) is 2.46. The summed E-state index contributed by atoms with van der Waals surface area (Å²) in [5, 5.41) is 6.73. The summed E-state index contributed by atoms with van der Waals surface area (Å²) in [7, 11) is 0. The highest BCUT2D eigenvalue weighted by Gasteiger charge is 2.19.